The Labute approximate surface area is 157 Å². The van der Waals surface area contributed by atoms with Crippen LogP contribution in [-0.4, -0.2) is 41.9 Å². The molecule has 0 amide bonds. The van der Waals surface area contributed by atoms with E-state index in [1.807, 2.05) is 19.9 Å². The van der Waals surface area contributed by atoms with Gasteiger partial charge in [-0.1, -0.05) is 0 Å². The van der Waals surface area contributed by atoms with Crippen LogP contribution in [0.25, 0.3) is 0 Å². The van der Waals surface area contributed by atoms with Crippen molar-refractivity contribution >= 4 is 10.0 Å². The van der Waals surface area contributed by atoms with Crippen LogP contribution in [0, 0.1) is 25.5 Å². The van der Waals surface area contributed by atoms with Gasteiger partial charge in [0.15, 0.2) is 0 Å². The first-order valence-corrected chi connectivity index (χ1v) is 10.2. The number of sulfonamides is 1. The van der Waals surface area contributed by atoms with E-state index >= 15 is 0 Å². The van der Waals surface area contributed by atoms with Gasteiger partial charge in [-0.25, -0.2) is 27.2 Å². The Morgan fingerprint density at radius 3 is 2.59 bits per heavy atom. The second-order valence-corrected chi connectivity index (χ2v) is 8.63. The summed E-state index contributed by atoms with van der Waals surface area (Å²) in [7, 11) is -3.81. The number of benzene rings is 1. The van der Waals surface area contributed by atoms with Crippen LogP contribution < -0.4 is 4.74 Å². The first kappa shape index (κ1) is 19.6. The zero-order chi connectivity index (χ0) is 19.6. The predicted octanol–water partition coefficient (Wildman–Crippen LogP) is 2.74. The number of halogens is 2. The van der Waals surface area contributed by atoms with Gasteiger partial charge in [-0.15, -0.1) is 0 Å². The molecule has 1 saturated heterocycles. The molecule has 1 aliphatic heterocycles. The zero-order valence-corrected chi connectivity index (χ0v) is 16.0. The minimum absolute atomic E-state index is 0.121. The van der Waals surface area contributed by atoms with E-state index in [-0.39, 0.29) is 18.1 Å². The van der Waals surface area contributed by atoms with Crippen molar-refractivity contribution in [2.75, 3.05) is 13.1 Å². The van der Waals surface area contributed by atoms with Crippen LogP contribution >= 0.6 is 0 Å². The number of rotatable bonds is 5. The second kappa shape index (κ2) is 7.85. The van der Waals surface area contributed by atoms with Crippen molar-refractivity contribution < 1.29 is 21.9 Å². The average Bonchev–Trinajstić information content (AvgIpc) is 2.57. The number of ether oxygens (including phenoxy) is 1. The highest BCUT2D eigenvalue weighted by atomic mass is 32.2. The summed E-state index contributed by atoms with van der Waals surface area (Å²) in [4.78, 5) is 8.42. The normalized spacial score (nSPS) is 18.4. The Morgan fingerprint density at radius 2 is 1.89 bits per heavy atom. The molecule has 1 aliphatic rings. The molecule has 1 unspecified atom stereocenters. The Morgan fingerprint density at radius 1 is 1.19 bits per heavy atom. The highest BCUT2D eigenvalue weighted by Gasteiger charge is 2.31. The van der Waals surface area contributed by atoms with Crippen molar-refractivity contribution in [2.24, 2.45) is 0 Å². The number of hydrogen-bond acceptors (Lipinski definition) is 5. The summed E-state index contributed by atoms with van der Waals surface area (Å²) in [5.74, 6) is -2.01. The number of aromatic nitrogens is 2. The number of piperidine rings is 1. The number of nitrogens with zero attached hydrogens (tertiary/aromatic N) is 3. The van der Waals surface area contributed by atoms with Crippen LogP contribution in [0.4, 0.5) is 8.78 Å². The van der Waals surface area contributed by atoms with Gasteiger partial charge in [0.1, 0.15) is 17.7 Å². The molecule has 146 valence electrons. The predicted molar refractivity (Wildman–Crippen MR) is 95.7 cm³/mol. The summed E-state index contributed by atoms with van der Waals surface area (Å²) in [6.07, 6.45) is 0.865. The molecule has 0 aliphatic carbocycles. The molecular weight excluding hydrogens is 376 g/mol. The van der Waals surface area contributed by atoms with Gasteiger partial charge in [0.05, 0.1) is 12.3 Å². The molecule has 1 aromatic heterocycles. The highest BCUT2D eigenvalue weighted by Crippen LogP contribution is 2.22. The molecule has 6 nitrogen and oxygen atoms in total. The summed E-state index contributed by atoms with van der Waals surface area (Å²) in [6, 6.07) is 4.83. The van der Waals surface area contributed by atoms with E-state index < -0.39 is 33.5 Å². The fraction of sp³-hybridized carbons (Fsp3) is 0.444. The average molecular weight is 397 g/mol. The lowest BCUT2D eigenvalue weighted by Gasteiger charge is -2.31. The lowest BCUT2D eigenvalue weighted by molar-refractivity contribution is 0.118. The molecule has 0 radical (unpaired) electrons. The van der Waals surface area contributed by atoms with Gasteiger partial charge >= 0.3 is 6.01 Å². The maximum atomic E-state index is 13.8. The van der Waals surface area contributed by atoms with Crippen LogP contribution in [0.15, 0.2) is 24.3 Å². The van der Waals surface area contributed by atoms with Crippen molar-refractivity contribution in [3.63, 3.8) is 0 Å². The van der Waals surface area contributed by atoms with E-state index in [2.05, 4.69) is 9.97 Å². The van der Waals surface area contributed by atoms with Gasteiger partial charge in [0.2, 0.25) is 10.0 Å². The Hall–Kier alpha value is -2.13. The van der Waals surface area contributed by atoms with Crippen molar-refractivity contribution in [3.05, 3.63) is 52.9 Å². The third-order valence-electron chi connectivity index (χ3n) is 4.31. The molecule has 0 bridgehead atoms. The van der Waals surface area contributed by atoms with Gasteiger partial charge < -0.3 is 4.74 Å². The van der Waals surface area contributed by atoms with Crippen molar-refractivity contribution in [1.29, 1.82) is 0 Å². The minimum Gasteiger partial charge on any atom is -0.459 e. The fourth-order valence-electron chi connectivity index (χ4n) is 3.09. The van der Waals surface area contributed by atoms with E-state index in [0.29, 0.717) is 19.4 Å². The fourth-order valence-corrected chi connectivity index (χ4v) is 4.69. The standard InChI is InChI=1S/C18H21F2N3O3S/c1-12-8-13(2)22-18(21-12)26-16-4-3-7-23(10-16)27(24,25)11-14-9-15(19)5-6-17(14)20/h5-6,8-9,16H,3-4,7,10-11H2,1-2H3. The van der Waals surface area contributed by atoms with Crippen molar-refractivity contribution in [3.8, 4) is 6.01 Å². The molecule has 27 heavy (non-hydrogen) atoms. The van der Waals surface area contributed by atoms with Gasteiger partial charge in [-0.05, 0) is 51.0 Å². The molecule has 1 atom stereocenters. The lowest BCUT2D eigenvalue weighted by atomic mass is 10.1. The zero-order valence-electron chi connectivity index (χ0n) is 15.2. The SMILES string of the molecule is Cc1cc(C)nc(OC2CCCN(S(=O)(=O)Cc3cc(F)ccc3F)C2)n1. The Kier molecular flexibility index (Phi) is 5.71. The quantitative estimate of drug-likeness (QED) is 0.776. The van der Waals surface area contributed by atoms with Gasteiger partial charge in [0.25, 0.3) is 0 Å². The van der Waals surface area contributed by atoms with Gasteiger partial charge in [-0.2, -0.15) is 4.31 Å². The maximum absolute atomic E-state index is 13.8. The molecule has 0 spiro atoms. The molecule has 1 aromatic carbocycles. The maximum Gasteiger partial charge on any atom is 0.317 e. The van der Waals surface area contributed by atoms with Gasteiger partial charge in [0, 0.05) is 23.5 Å². The van der Waals surface area contributed by atoms with Gasteiger partial charge in [-0.3, -0.25) is 0 Å². The molecule has 9 heteroatoms. The number of hydrogen-bond donors (Lipinski definition) is 0. The molecular formula is C18H21F2N3O3S. The van der Waals surface area contributed by atoms with E-state index in [0.717, 1.165) is 29.6 Å². The Bertz CT molecular complexity index is 917. The second-order valence-electron chi connectivity index (χ2n) is 6.67. The molecule has 0 saturated carbocycles. The van der Waals surface area contributed by atoms with Crippen LogP contribution in [0.1, 0.15) is 29.8 Å². The van der Waals surface area contributed by atoms with E-state index in [9.17, 15) is 17.2 Å². The van der Waals surface area contributed by atoms with E-state index in [4.69, 9.17) is 4.74 Å². The van der Waals surface area contributed by atoms with Crippen LogP contribution in [0.5, 0.6) is 6.01 Å². The third kappa shape index (κ3) is 4.98. The third-order valence-corrected chi connectivity index (χ3v) is 6.11. The topological polar surface area (TPSA) is 72.4 Å². The largest absolute Gasteiger partial charge is 0.459 e. The van der Waals surface area contributed by atoms with Crippen LogP contribution in [-0.2, 0) is 15.8 Å². The van der Waals surface area contributed by atoms with E-state index in [1.165, 1.54) is 4.31 Å². The summed E-state index contributed by atoms with van der Waals surface area (Å²) < 4.78 is 59.5. The van der Waals surface area contributed by atoms with E-state index in [1.54, 1.807) is 0 Å². The van der Waals surface area contributed by atoms with Crippen LogP contribution in [0.2, 0.25) is 0 Å². The summed E-state index contributed by atoms with van der Waals surface area (Å²) in [5.41, 5.74) is 1.34. The summed E-state index contributed by atoms with van der Waals surface area (Å²) >= 11 is 0. The monoisotopic (exact) mass is 397 g/mol. The first-order valence-electron chi connectivity index (χ1n) is 8.63. The Balaban J connectivity index is 1.71. The van der Waals surface area contributed by atoms with Crippen molar-refractivity contribution in [1.82, 2.24) is 14.3 Å². The number of aryl methyl sites for hydroxylation is 2. The first-order chi connectivity index (χ1) is 12.7. The smallest absolute Gasteiger partial charge is 0.317 e. The highest BCUT2D eigenvalue weighted by molar-refractivity contribution is 7.88. The molecule has 2 aromatic rings. The minimum atomic E-state index is -3.81. The summed E-state index contributed by atoms with van der Waals surface area (Å²) in [5, 5.41) is 0. The molecule has 2 heterocycles. The van der Waals surface area contributed by atoms with Crippen LogP contribution in [0.3, 0.4) is 0 Å². The summed E-state index contributed by atoms with van der Waals surface area (Å²) in [6.45, 7) is 4.09. The molecule has 0 N–H and O–H groups in total. The lowest BCUT2D eigenvalue weighted by Crippen LogP contribution is -2.45. The molecule has 1 fully saturated rings. The van der Waals surface area contributed by atoms with Crippen molar-refractivity contribution in [2.45, 2.75) is 38.5 Å². The molecule has 3 rings (SSSR count).